The van der Waals surface area contributed by atoms with E-state index < -0.39 is 0 Å². The summed E-state index contributed by atoms with van der Waals surface area (Å²) < 4.78 is 16.1. The number of ether oxygens (including phenoxy) is 2. The lowest BCUT2D eigenvalue weighted by molar-refractivity contribution is 0.174. The van der Waals surface area contributed by atoms with Gasteiger partial charge in [-0.25, -0.2) is 0 Å². The fourth-order valence-electron chi connectivity index (χ4n) is 1.14. The van der Waals surface area contributed by atoms with Crippen molar-refractivity contribution in [2.24, 2.45) is 0 Å². The molecule has 0 aliphatic heterocycles. The van der Waals surface area contributed by atoms with E-state index in [2.05, 4.69) is 26.1 Å². The second-order valence-corrected chi connectivity index (χ2v) is 5.27. The molecular weight excluding hydrogens is 296 g/mol. The minimum Gasteiger partial charge on any atom is -0.495 e. The Labute approximate surface area is 105 Å². The van der Waals surface area contributed by atoms with Crippen LogP contribution in [0, 0.1) is 0 Å². The van der Waals surface area contributed by atoms with Crippen LogP contribution in [-0.2, 0) is 11.3 Å². The molecule has 0 fully saturated rings. The topological polar surface area (TPSA) is 57.4 Å². The first-order valence-corrected chi connectivity index (χ1v) is 6.00. The van der Waals surface area contributed by atoms with Gasteiger partial charge in [0.25, 0.3) is 5.89 Å². The summed E-state index contributed by atoms with van der Waals surface area (Å²) in [4.78, 5) is 5.05. The van der Waals surface area contributed by atoms with Crippen LogP contribution in [-0.4, -0.2) is 24.4 Å². The largest absolute Gasteiger partial charge is 0.495 e. The third-order valence-corrected chi connectivity index (χ3v) is 3.60. The molecule has 16 heavy (non-hydrogen) atoms. The van der Waals surface area contributed by atoms with E-state index in [0.29, 0.717) is 18.3 Å². The number of thiophene rings is 1. The summed E-state index contributed by atoms with van der Waals surface area (Å²) in [5.74, 6) is 1.76. The molecule has 2 aromatic rings. The van der Waals surface area contributed by atoms with E-state index in [4.69, 9.17) is 14.0 Å². The van der Waals surface area contributed by atoms with Gasteiger partial charge in [0.05, 0.1) is 12.0 Å². The van der Waals surface area contributed by atoms with Gasteiger partial charge in [0.15, 0.2) is 5.82 Å². The van der Waals surface area contributed by atoms with E-state index in [1.807, 2.05) is 6.07 Å². The van der Waals surface area contributed by atoms with Gasteiger partial charge >= 0.3 is 0 Å². The van der Waals surface area contributed by atoms with Crippen LogP contribution < -0.4 is 4.74 Å². The molecule has 2 rings (SSSR count). The van der Waals surface area contributed by atoms with E-state index in [0.717, 1.165) is 14.4 Å². The minimum absolute atomic E-state index is 0.340. The summed E-state index contributed by atoms with van der Waals surface area (Å²) in [6, 6.07) is 1.85. The molecule has 7 heteroatoms. The predicted molar refractivity (Wildman–Crippen MR) is 62.6 cm³/mol. The summed E-state index contributed by atoms with van der Waals surface area (Å²) in [5, 5.41) is 3.79. The molecule has 0 amide bonds. The Morgan fingerprint density at radius 2 is 2.31 bits per heavy atom. The fourth-order valence-corrected chi connectivity index (χ4v) is 2.71. The minimum atomic E-state index is 0.340. The first-order chi connectivity index (χ1) is 7.74. The van der Waals surface area contributed by atoms with Crippen molar-refractivity contribution >= 4 is 27.3 Å². The van der Waals surface area contributed by atoms with Crippen LogP contribution in [0.5, 0.6) is 5.75 Å². The van der Waals surface area contributed by atoms with Crippen LogP contribution in [0.3, 0.4) is 0 Å². The van der Waals surface area contributed by atoms with Gasteiger partial charge in [0.1, 0.15) is 16.1 Å². The number of aromatic nitrogens is 2. The molecule has 0 bridgehead atoms. The molecule has 5 nitrogen and oxygen atoms in total. The lowest BCUT2D eigenvalue weighted by Gasteiger charge is -1.91. The van der Waals surface area contributed by atoms with Gasteiger partial charge in [0, 0.05) is 13.2 Å². The standard InChI is InChI=1S/C9H9BrN2O3S/c1-13-4-7-11-9(15-12-7)6-3-5(14-2)8(10)16-6/h3H,4H2,1-2H3. The van der Waals surface area contributed by atoms with Gasteiger partial charge in [-0.3, -0.25) is 0 Å². The normalized spacial score (nSPS) is 10.7. The predicted octanol–water partition coefficient (Wildman–Crippen LogP) is 2.72. The van der Waals surface area contributed by atoms with Crippen molar-refractivity contribution in [3.8, 4) is 16.5 Å². The molecule has 0 aliphatic carbocycles. The molecule has 0 saturated carbocycles. The Hall–Kier alpha value is -0.920. The van der Waals surface area contributed by atoms with Crippen molar-refractivity contribution in [3.05, 3.63) is 15.7 Å². The highest BCUT2D eigenvalue weighted by molar-refractivity contribution is 9.11. The van der Waals surface area contributed by atoms with Crippen LogP contribution in [0.25, 0.3) is 10.8 Å². The number of nitrogens with zero attached hydrogens (tertiary/aromatic N) is 2. The maximum atomic E-state index is 5.15. The first-order valence-electron chi connectivity index (χ1n) is 4.39. The number of methoxy groups -OCH3 is 2. The van der Waals surface area contributed by atoms with Crippen molar-refractivity contribution in [3.63, 3.8) is 0 Å². The van der Waals surface area contributed by atoms with Gasteiger partial charge < -0.3 is 14.0 Å². The summed E-state index contributed by atoms with van der Waals surface area (Å²) in [6.45, 7) is 0.340. The van der Waals surface area contributed by atoms with E-state index in [1.165, 1.54) is 11.3 Å². The number of rotatable bonds is 4. The van der Waals surface area contributed by atoms with Crippen molar-refractivity contribution < 1.29 is 14.0 Å². The monoisotopic (exact) mass is 304 g/mol. The van der Waals surface area contributed by atoms with Crippen molar-refractivity contribution in [1.29, 1.82) is 0 Å². The second kappa shape index (κ2) is 4.94. The van der Waals surface area contributed by atoms with Gasteiger partial charge in [-0.2, -0.15) is 4.98 Å². The second-order valence-electron chi connectivity index (χ2n) is 2.90. The molecular formula is C9H9BrN2O3S. The summed E-state index contributed by atoms with van der Waals surface area (Å²) in [5.41, 5.74) is 0. The first kappa shape index (κ1) is 11.6. The molecule has 0 unspecified atom stereocenters. The lowest BCUT2D eigenvalue weighted by Crippen LogP contribution is -1.88. The highest BCUT2D eigenvalue weighted by Gasteiger charge is 2.14. The zero-order valence-electron chi connectivity index (χ0n) is 8.69. The highest BCUT2D eigenvalue weighted by Crippen LogP contribution is 2.39. The summed E-state index contributed by atoms with van der Waals surface area (Å²) in [7, 11) is 3.20. The van der Waals surface area contributed by atoms with E-state index in [1.54, 1.807) is 14.2 Å². The third-order valence-electron chi connectivity index (χ3n) is 1.83. The number of hydrogen-bond acceptors (Lipinski definition) is 6. The Kier molecular flexibility index (Phi) is 3.57. The van der Waals surface area contributed by atoms with E-state index in [-0.39, 0.29) is 0 Å². The third kappa shape index (κ3) is 2.26. The molecule has 0 aromatic carbocycles. The van der Waals surface area contributed by atoms with Crippen LogP contribution in [0.4, 0.5) is 0 Å². The van der Waals surface area contributed by atoms with Crippen LogP contribution >= 0.6 is 27.3 Å². The molecule has 0 spiro atoms. The number of halogens is 1. The molecule has 0 atom stereocenters. The molecule has 0 radical (unpaired) electrons. The van der Waals surface area contributed by atoms with Crippen LogP contribution in [0.2, 0.25) is 0 Å². The Bertz CT molecular complexity index is 483. The zero-order valence-corrected chi connectivity index (χ0v) is 11.1. The SMILES string of the molecule is COCc1noc(-c2cc(OC)c(Br)s2)n1. The van der Waals surface area contributed by atoms with E-state index >= 15 is 0 Å². The van der Waals surface area contributed by atoms with Crippen LogP contribution in [0.15, 0.2) is 14.4 Å². The van der Waals surface area contributed by atoms with Gasteiger partial charge in [-0.05, 0) is 15.9 Å². The zero-order chi connectivity index (χ0) is 11.5. The van der Waals surface area contributed by atoms with E-state index in [9.17, 15) is 0 Å². The fraction of sp³-hybridized carbons (Fsp3) is 0.333. The van der Waals surface area contributed by atoms with Gasteiger partial charge in [-0.1, -0.05) is 5.16 Å². The summed E-state index contributed by atoms with van der Waals surface area (Å²) >= 11 is 4.87. The number of hydrogen-bond donors (Lipinski definition) is 0. The quantitative estimate of drug-likeness (QED) is 0.869. The van der Waals surface area contributed by atoms with Gasteiger partial charge in [0.2, 0.25) is 0 Å². The van der Waals surface area contributed by atoms with Gasteiger partial charge in [-0.15, -0.1) is 11.3 Å². The lowest BCUT2D eigenvalue weighted by atomic mass is 10.4. The molecule has 2 aromatic heterocycles. The van der Waals surface area contributed by atoms with Crippen molar-refractivity contribution in [2.45, 2.75) is 6.61 Å². The average molecular weight is 305 g/mol. The maximum Gasteiger partial charge on any atom is 0.268 e. The average Bonchev–Trinajstić information content (AvgIpc) is 2.85. The van der Waals surface area contributed by atoms with Crippen molar-refractivity contribution in [1.82, 2.24) is 10.1 Å². The molecule has 0 N–H and O–H groups in total. The molecule has 0 aliphatic rings. The Morgan fingerprint density at radius 1 is 1.50 bits per heavy atom. The maximum absolute atomic E-state index is 5.15. The van der Waals surface area contributed by atoms with Crippen molar-refractivity contribution in [2.75, 3.05) is 14.2 Å². The Morgan fingerprint density at radius 3 is 2.94 bits per heavy atom. The molecule has 86 valence electrons. The highest BCUT2D eigenvalue weighted by atomic mass is 79.9. The molecule has 2 heterocycles. The smallest absolute Gasteiger partial charge is 0.268 e. The molecule has 0 saturated heterocycles. The summed E-state index contributed by atoms with van der Waals surface area (Å²) in [6.07, 6.45) is 0. The Balaban J connectivity index is 2.27. The van der Waals surface area contributed by atoms with Crippen LogP contribution in [0.1, 0.15) is 5.82 Å².